The predicted octanol–water partition coefficient (Wildman–Crippen LogP) is 4.86. The number of hydrogen-bond donors (Lipinski definition) is 0. The van der Waals surface area contributed by atoms with Gasteiger partial charge in [0.2, 0.25) is 5.90 Å². The summed E-state index contributed by atoms with van der Waals surface area (Å²) in [4.78, 5) is 6.92. The number of likely N-dealkylation sites (tertiary alicyclic amines) is 1. The number of ether oxygens (including phenoxy) is 1. The third kappa shape index (κ3) is 4.19. The van der Waals surface area contributed by atoms with Crippen LogP contribution in [0, 0.1) is 11.6 Å². The van der Waals surface area contributed by atoms with E-state index in [1.165, 1.54) is 62.5 Å². The summed E-state index contributed by atoms with van der Waals surface area (Å²) in [5.74, 6) is -1.26. The van der Waals surface area contributed by atoms with Crippen LogP contribution in [-0.4, -0.2) is 30.5 Å². The number of aliphatic imine (C=N–C) groups is 1. The summed E-state index contributed by atoms with van der Waals surface area (Å²) in [7, 11) is 0. The largest absolute Gasteiger partial charge is 0.475 e. The summed E-state index contributed by atoms with van der Waals surface area (Å²) >= 11 is 0. The van der Waals surface area contributed by atoms with Gasteiger partial charge in [0.25, 0.3) is 0 Å². The molecule has 0 aliphatic carbocycles. The van der Waals surface area contributed by atoms with Crippen LogP contribution in [0.15, 0.2) is 47.5 Å². The summed E-state index contributed by atoms with van der Waals surface area (Å²) in [6.45, 7) is 3.60. The number of benzene rings is 2. The molecule has 0 saturated carbocycles. The van der Waals surface area contributed by atoms with Gasteiger partial charge in [-0.2, -0.15) is 0 Å². The van der Waals surface area contributed by atoms with E-state index < -0.39 is 11.6 Å². The summed E-state index contributed by atoms with van der Waals surface area (Å²) < 4.78 is 33.4. The zero-order valence-corrected chi connectivity index (χ0v) is 15.3. The van der Waals surface area contributed by atoms with Crippen LogP contribution in [0.25, 0.3) is 0 Å². The van der Waals surface area contributed by atoms with Gasteiger partial charge in [-0.05, 0) is 49.2 Å². The van der Waals surface area contributed by atoms with Crippen LogP contribution in [-0.2, 0) is 11.3 Å². The van der Waals surface area contributed by atoms with E-state index in [1.807, 2.05) is 12.1 Å². The maximum absolute atomic E-state index is 13.9. The number of nitrogens with zero attached hydrogens (tertiary/aromatic N) is 2. The SMILES string of the molecule is Fc1cccc(F)c1C1=NC(c2ccc(CN3CCCCCC3)cc2)CO1. The van der Waals surface area contributed by atoms with Gasteiger partial charge in [-0.25, -0.2) is 13.8 Å². The van der Waals surface area contributed by atoms with Crippen molar-refractivity contribution in [3.05, 3.63) is 70.8 Å². The van der Waals surface area contributed by atoms with Crippen molar-refractivity contribution in [2.45, 2.75) is 38.3 Å². The van der Waals surface area contributed by atoms with Gasteiger partial charge in [-0.3, -0.25) is 4.90 Å². The Morgan fingerprint density at radius 2 is 1.59 bits per heavy atom. The minimum absolute atomic E-state index is 0.0456. The van der Waals surface area contributed by atoms with E-state index in [0.29, 0.717) is 6.61 Å². The quantitative estimate of drug-likeness (QED) is 0.768. The van der Waals surface area contributed by atoms with Crippen molar-refractivity contribution < 1.29 is 13.5 Å². The van der Waals surface area contributed by atoms with Crippen LogP contribution in [0.2, 0.25) is 0 Å². The molecular formula is C22H24F2N2O. The van der Waals surface area contributed by atoms with Gasteiger partial charge in [0, 0.05) is 6.54 Å². The van der Waals surface area contributed by atoms with Crippen LogP contribution in [0.1, 0.15) is 48.4 Å². The van der Waals surface area contributed by atoms with Gasteiger partial charge in [0.05, 0.1) is 0 Å². The summed E-state index contributed by atoms with van der Waals surface area (Å²) in [5.41, 5.74) is 2.10. The summed E-state index contributed by atoms with van der Waals surface area (Å²) in [6.07, 6.45) is 5.23. The molecule has 2 aliphatic heterocycles. The second-order valence-electron chi connectivity index (χ2n) is 7.29. The Labute approximate surface area is 158 Å². The van der Waals surface area contributed by atoms with Crippen molar-refractivity contribution >= 4 is 5.90 Å². The van der Waals surface area contributed by atoms with Crippen molar-refractivity contribution in [2.24, 2.45) is 4.99 Å². The van der Waals surface area contributed by atoms with Gasteiger partial charge in [-0.15, -0.1) is 0 Å². The molecule has 0 amide bonds. The second kappa shape index (κ2) is 8.17. The summed E-state index contributed by atoms with van der Waals surface area (Å²) in [5, 5.41) is 0. The molecule has 142 valence electrons. The first-order valence-corrected chi connectivity index (χ1v) is 9.67. The lowest BCUT2D eigenvalue weighted by atomic mass is 10.1. The average molecular weight is 370 g/mol. The Balaban J connectivity index is 1.45. The predicted molar refractivity (Wildman–Crippen MR) is 102 cm³/mol. The molecule has 2 aromatic carbocycles. The Morgan fingerprint density at radius 1 is 0.926 bits per heavy atom. The monoisotopic (exact) mass is 370 g/mol. The van der Waals surface area contributed by atoms with Gasteiger partial charge >= 0.3 is 0 Å². The molecule has 4 rings (SSSR count). The average Bonchev–Trinajstić information content (AvgIpc) is 3.00. The molecule has 0 radical (unpaired) electrons. The Hall–Kier alpha value is -2.27. The lowest BCUT2D eigenvalue weighted by Crippen LogP contribution is -2.23. The van der Waals surface area contributed by atoms with E-state index in [9.17, 15) is 8.78 Å². The highest BCUT2D eigenvalue weighted by Crippen LogP contribution is 2.27. The lowest BCUT2D eigenvalue weighted by molar-refractivity contribution is 0.277. The fraction of sp³-hybridized carbons (Fsp3) is 0.409. The topological polar surface area (TPSA) is 24.8 Å². The number of halogens is 2. The van der Waals surface area contributed by atoms with E-state index in [2.05, 4.69) is 22.0 Å². The normalized spacial score (nSPS) is 20.8. The zero-order valence-electron chi connectivity index (χ0n) is 15.3. The molecule has 0 N–H and O–H groups in total. The van der Waals surface area contributed by atoms with Crippen molar-refractivity contribution in [1.82, 2.24) is 4.90 Å². The first kappa shape index (κ1) is 18.1. The van der Waals surface area contributed by atoms with Crippen molar-refractivity contribution in [3.8, 4) is 0 Å². The molecule has 0 bridgehead atoms. The molecule has 2 aromatic rings. The zero-order chi connectivity index (χ0) is 18.6. The fourth-order valence-electron chi connectivity index (χ4n) is 3.78. The van der Waals surface area contributed by atoms with E-state index in [0.717, 1.165) is 12.1 Å². The molecule has 0 spiro atoms. The minimum atomic E-state index is -0.651. The lowest BCUT2D eigenvalue weighted by Gasteiger charge is -2.20. The molecule has 0 aromatic heterocycles. The molecule has 1 fully saturated rings. The minimum Gasteiger partial charge on any atom is -0.475 e. The smallest absolute Gasteiger partial charge is 0.222 e. The Bertz CT molecular complexity index is 791. The van der Waals surface area contributed by atoms with E-state index >= 15 is 0 Å². The first-order chi connectivity index (χ1) is 13.2. The van der Waals surface area contributed by atoms with Gasteiger partial charge in [-0.1, -0.05) is 43.2 Å². The van der Waals surface area contributed by atoms with Crippen molar-refractivity contribution in [2.75, 3.05) is 19.7 Å². The number of rotatable bonds is 4. The van der Waals surface area contributed by atoms with Gasteiger partial charge in [0.1, 0.15) is 29.8 Å². The fourth-order valence-corrected chi connectivity index (χ4v) is 3.78. The highest BCUT2D eigenvalue weighted by atomic mass is 19.1. The molecule has 2 aliphatic rings. The first-order valence-electron chi connectivity index (χ1n) is 9.67. The third-order valence-electron chi connectivity index (χ3n) is 5.30. The van der Waals surface area contributed by atoms with Crippen molar-refractivity contribution in [3.63, 3.8) is 0 Å². The van der Waals surface area contributed by atoms with Crippen LogP contribution in [0.5, 0.6) is 0 Å². The Kier molecular flexibility index (Phi) is 5.48. The Morgan fingerprint density at radius 3 is 2.26 bits per heavy atom. The van der Waals surface area contributed by atoms with Crippen LogP contribution in [0.3, 0.4) is 0 Å². The molecule has 5 heteroatoms. The van der Waals surface area contributed by atoms with Crippen LogP contribution in [0.4, 0.5) is 8.78 Å². The van der Waals surface area contributed by atoms with Crippen LogP contribution >= 0.6 is 0 Å². The molecule has 27 heavy (non-hydrogen) atoms. The third-order valence-corrected chi connectivity index (χ3v) is 5.30. The number of hydrogen-bond acceptors (Lipinski definition) is 3. The van der Waals surface area contributed by atoms with E-state index in [4.69, 9.17) is 4.74 Å². The van der Waals surface area contributed by atoms with Crippen LogP contribution < -0.4 is 0 Å². The van der Waals surface area contributed by atoms with E-state index in [1.54, 1.807) is 0 Å². The van der Waals surface area contributed by atoms with E-state index in [-0.39, 0.29) is 17.5 Å². The molecule has 2 heterocycles. The highest BCUT2D eigenvalue weighted by Gasteiger charge is 2.26. The molecule has 1 saturated heterocycles. The maximum Gasteiger partial charge on any atom is 0.222 e. The van der Waals surface area contributed by atoms with Crippen molar-refractivity contribution in [1.29, 1.82) is 0 Å². The molecule has 1 unspecified atom stereocenters. The standard InChI is InChI=1S/C22H24F2N2O/c23-18-6-5-7-19(24)21(18)22-25-20(15-27-22)17-10-8-16(9-11-17)14-26-12-3-1-2-4-13-26/h5-11,20H,1-4,12-15H2. The molecule has 1 atom stereocenters. The molecule has 3 nitrogen and oxygen atoms in total. The summed E-state index contributed by atoms with van der Waals surface area (Å²) in [6, 6.07) is 11.9. The second-order valence-corrected chi connectivity index (χ2v) is 7.29. The molecular weight excluding hydrogens is 346 g/mol. The maximum atomic E-state index is 13.9. The highest BCUT2D eigenvalue weighted by molar-refractivity contribution is 5.95. The van der Waals surface area contributed by atoms with Gasteiger partial charge in [0.15, 0.2) is 0 Å². The van der Waals surface area contributed by atoms with Gasteiger partial charge < -0.3 is 4.74 Å².